The van der Waals surface area contributed by atoms with Gasteiger partial charge >= 0.3 is 5.97 Å². The Labute approximate surface area is 205 Å². The Morgan fingerprint density at radius 3 is 2.08 bits per heavy atom. The molecular weight excluding hydrogens is 474 g/mol. The van der Waals surface area contributed by atoms with Crippen molar-refractivity contribution >= 4 is 46.4 Å². The highest BCUT2D eigenvalue weighted by Crippen LogP contribution is 2.18. The fourth-order valence-electron chi connectivity index (χ4n) is 3.40. The van der Waals surface area contributed by atoms with Gasteiger partial charge in [-0.15, -0.1) is 0 Å². The first-order valence-electron chi connectivity index (χ1n) is 10.9. The minimum atomic E-state index is -1.60. The fraction of sp³-hybridized carbons (Fsp3) is 0.364. The molecule has 5 amide bonds. The highest BCUT2D eigenvalue weighted by atomic mass is 16.4. The summed E-state index contributed by atoms with van der Waals surface area (Å²) in [6.45, 7) is 1.24. The Balaban J connectivity index is 2.03. The molecule has 0 fully saturated rings. The van der Waals surface area contributed by atoms with Crippen LogP contribution in [0, 0.1) is 0 Å². The number of H-pyrrole nitrogens is 1. The molecule has 4 unspecified atom stereocenters. The molecule has 0 aliphatic carbocycles. The minimum Gasteiger partial charge on any atom is -0.480 e. The first-order chi connectivity index (χ1) is 16.9. The number of carboxylic acids is 1. The van der Waals surface area contributed by atoms with Gasteiger partial charge < -0.3 is 43.2 Å². The summed E-state index contributed by atoms with van der Waals surface area (Å²) in [5.74, 6) is -5.93. The van der Waals surface area contributed by atoms with E-state index in [0.717, 1.165) is 16.5 Å². The first-order valence-corrected chi connectivity index (χ1v) is 10.9. The molecule has 2 aromatic rings. The predicted octanol–water partition coefficient (Wildman–Crippen LogP) is -2.65. The number of benzene rings is 1. The molecule has 194 valence electrons. The standard InChI is InChI=1S/C22H29N7O7/c1-10(19(32)29-16(22(35)36)8-18(25)31)27-21(34)15(7-17(24)30)28-20(33)13(23)6-11-9-26-14-5-3-2-4-12(11)14/h2-5,9-10,13,15-16,26H,6-8,23H2,1H3,(H2,24,30)(H2,25,31)(H,27,34)(H,28,33)(H,29,32)(H,35,36). The van der Waals surface area contributed by atoms with E-state index < -0.39 is 72.5 Å². The van der Waals surface area contributed by atoms with E-state index in [4.69, 9.17) is 22.3 Å². The van der Waals surface area contributed by atoms with Gasteiger partial charge in [-0.1, -0.05) is 18.2 Å². The maximum Gasteiger partial charge on any atom is 0.326 e. The molecule has 0 aliphatic rings. The van der Waals surface area contributed by atoms with Crippen molar-refractivity contribution in [3.63, 3.8) is 0 Å². The number of aromatic amines is 1. The second kappa shape index (κ2) is 12.3. The van der Waals surface area contributed by atoms with E-state index in [1.807, 2.05) is 24.3 Å². The van der Waals surface area contributed by atoms with Gasteiger partial charge in [0.05, 0.1) is 18.9 Å². The van der Waals surface area contributed by atoms with Crippen LogP contribution in [-0.4, -0.2) is 69.8 Å². The van der Waals surface area contributed by atoms with E-state index in [0.29, 0.717) is 0 Å². The third kappa shape index (κ3) is 7.80. The van der Waals surface area contributed by atoms with Crippen LogP contribution in [0.1, 0.15) is 25.3 Å². The summed E-state index contributed by atoms with van der Waals surface area (Å²) in [5.41, 5.74) is 17.8. The lowest BCUT2D eigenvalue weighted by atomic mass is 10.0. The van der Waals surface area contributed by atoms with Crippen molar-refractivity contribution in [3.8, 4) is 0 Å². The van der Waals surface area contributed by atoms with Crippen molar-refractivity contribution in [1.29, 1.82) is 0 Å². The van der Waals surface area contributed by atoms with E-state index in [2.05, 4.69) is 20.9 Å². The summed E-state index contributed by atoms with van der Waals surface area (Å²) in [6, 6.07) is 2.00. The van der Waals surface area contributed by atoms with E-state index in [-0.39, 0.29) is 6.42 Å². The average molecular weight is 504 g/mol. The number of carbonyl (C=O) groups is 6. The van der Waals surface area contributed by atoms with Crippen molar-refractivity contribution in [1.82, 2.24) is 20.9 Å². The lowest BCUT2D eigenvalue weighted by Crippen LogP contribution is -2.57. The number of para-hydroxylation sites is 1. The molecule has 0 radical (unpaired) electrons. The Bertz CT molecular complexity index is 1160. The summed E-state index contributed by atoms with van der Waals surface area (Å²) in [4.78, 5) is 74.4. The second-order valence-electron chi connectivity index (χ2n) is 8.20. The van der Waals surface area contributed by atoms with E-state index in [1.165, 1.54) is 6.92 Å². The van der Waals surface area contributed by atoms with Crippen LogP contribution in [0.4, 0.5) is 0 Å². The van der Waals surface area contributed by atoms with Gasteiger partial charge in [0.15, 0.2) is 0 Å². The molecule has 11 N–H and O–H groups in total. The molecule has 1 heterocycles. The van der Waals surface area contributed by atoms with Crippen molar-refractivity contribution in [2.45, 2.75) is 50.4 Å². The van der Waals surface area contributed by atoms with Crippen LogP contribution in [0.15, 0.2) is 30.5 Å². The number of aromatic nitrogens is 1. The van der Waals surface area contributed by atoms with Crippen LogP contribution in [0.25, 0.3) is 10.9 Å². The lowest BCUT2D eigenvalue weighted by molar-refractivity contribution is -0.143. The molecule has 0 saturated heterocycles. The van der Waals surface area contributed by atoms with Gasteiger partial charge in [0.2, 0.25) is 29.5 Å². The van der Waals surface area contributed by atoms with Crippen LogP contribution in [0.2, 0.25) is 0 Å². The van der Waals surface area contributed by atoms with Crippen molar-refractivity contribution in [2.24, 2.45) is 17.2 Å². The molecule has 0 bridgehead atoms. The van der Waals surface area contributed by atoms with Gasteiger partial charge in [-0.05, 0) is 25.0 Å². The summed E-state index contributed by atoms with van der Waals surface area (Å²) >= 11 is 0. The molecule has 0 aliphatic heterocycles. The molecule has 36 heavy (non-hydrogen) atoms. The summed E-state index contributed by atoms with van der Waals surface area (Å²) < 4.78 is 0. The molecule has 14 heteroatoms. The first kappa shape index (κ1) is 27.8. The van der Waals surface area contributed by atoms with Crippen LogP contribution in [0.5, 0.6) is 0 Å². The number of nitrogens with two attached hydrogens (primary N) is 3. The topological polar surface area (TPSA) is 253 Å². The van der Waals surface area contributed by atoms with Crippen molar-refractivity contribution in [2.75, 3.05) is 0 Å². The van der Waals surface area contributed by atoms with Gasteiger partial charge in [0, 0.05) is 17.1 Å². The highest BCUT2D eigenvalue weighted by Gasteiger charge is 2.30. The zero-order chi connectivity index (χ0) is 27.0. The number of hydrogen-bond donors (Lipinski definition) is 8. The highest BCUT2D eigenvalue weighted by molar-refractivity contribution is 5.96. The van der Waals surface area contributed by atoms with Gasteiger partial charge in [0.25, 0.3) is 0 Å². The number of carboxylic acid groups (broad SMARTS) is 1. The molecule has 1 aromatic carbocycles. The van der Waals surface area contributed by atoms with Crippen LogP contribution in [-0.2, 0) is 35.2 Å². The lowest BCUT2D eigenvalue weighted by Gasteiger charge is -2.22. The van der Waals surface area contributed by atoms with Crippen LogP contribution in [0.3, 0.4) is 0 Å². The monoisotopic (exact) mass is 503 g/mol. The van der Waals surface area contributed by atoms with Crippen molar-refractivity contribution in [3.05, 3.63) is 36.0 Å². The molecule has 14 nitrogen and oxygen atoms in total. The zero-order valence-electron chi connectivity index (χ0n) is 19.4. The number of amides is 5. The summed E-state index contributed by atoms with van der Waals surface area (Å²) in [5, 5.41) is 16.7. The Morgan fingerprint density at radius 1 is 0.889 bits per heavy atom. The largest absolute Gasteiger partial charge is 0.480 e. The maximum atomic E-state index is 12.7. The molecule has 4 atom stereocenters. The molecule has 2 rings (SSSR count). The number of aliphatic carboxylic acids is 1. The quantitative estimate of drug-likeness (QED) is 0.143. The van der Waals surface area contributed by atoms with Crippen LogP contribution < -0.4 is 33.2 Å². The molecular formula is C22H29N7O7. The Hall–Kier alpha value is -4.46. The van der Waals surface area contributed by atoms with Crippen LogP contribution >= 0.6 is 0 Å². The second-order valence-corrected chi connectivity index (χ2v) is 8.20. The van der Waals surface area contributed by atoms with E-state index in [1.54, 1.807) is 6.20 Å². The number of carbonyl (C=O) groups excluding carboxylic acids is 5. The van der Waals surface area contributed by atoms with Gasteiger partial charge in [0.1, 0.15) is 18.1 Å². The van der Waals surface area contributed by atoms with E-state index >= 15 is 0 Å². The van der Waals surface area contributed by atoms with Gasteiger partial charge in [-0.2, -0.15) is 0 Å². The zero-order valence-corrected chi connectivity index (χ0v) is 19.4. The number of hydrogen-bond acceptors (Lipinski definition) is 7. The molecule has 0 saturated carbocycles. The average Bonchev–Trinajstić information content (AvgIpc) is 3.20. The summed E-state index contributed by atoms with van der Waals surface area (Å²) in [7, 11) is 0. The Morgan fingerprint density at radius 2 is 1.47 bits per heavy atom. The SMILES string of the molecule is CC(NC(=O)C(CC(N)=O)NC(=O)C(N)Cc1c[nH]c2ccccc12)C(=O)NC(CC(N)=O)C(=O)O. The third-order valence-corrected chi connectivity index (χ3v) is 5.26. The van der Waals surface area contributed by atoms with Gasteiger partial charge in [-0.3, -0.25) is 24.0 Å². The molecule has 0 spiro atoms. The van der Waals surface area contributed by atoms with Crippen molar-refractivity contribution < 1.29 is 33.9 Å². The smallest absolute Gasteiger partial charge is 0.326 e. The normalized spacial score (nSPS) is 14.2. The maximum absolute atomic E-state index is 12.7. The fourth-order valence-corrected chi connectivity index (χ4v) is 3.40. The minimum absolute atomic E-state index is 0.135. The predicted molar refractivity (Wildman–Crippen MR) is 127 cm³/mol. The number of nitrogens with one attached hydrogen (secondary N) is 4. The summed E-state index contributed by atoms with van der Waals surface area (Å²) in [6.07, 6.45) is 0.617. The molecule has 1 aromatic heterocycles. The van der Waals surface area contributed by atoms with E-state index in [9.17, 15) is 28.8 Å². The number of rotatable bonds is 13. The number of primary amides is 2. The van der Waals surface area contributed by atoms with Gasteiger partial charge in [-0.25, -0.2) is 4.79 Å². The number of fused-ring (bicyclic) bond motifs is 1. The Kier molecular flexibility index (Phi) is 9.50. The third-order valence-electron chi connectivity index (χ3n) is 5.26.